The van der Waals surface area contributed by atoms with Crippen LogP contribution in [0.15, 0.2) is 12.1 Å². The summed E-state index contributed by atoms with van der Waals surface area (Å²) in [4.78, 5) is 0. The van der Waals surface area contributed by atoms with E-state index in [-0.39, 0.29) is 5.92 Å². The SMILES string of the molecule is CCC1CCCCC1(N)c1ccc(C)c(F)c1F. The van der Waals surface area contributed by atoms with Crippen LogP contribution < -0.4 is 5.73 Å². The summed E-state index contributed by atoms with van der Waals surface area (Å²) < 4.78 is 27.9. The van der Waals surface area contributed by atoms with Crippen LogP contribution in [0.4, 0.5) is 8.78 Å². The normalized spacial score (nSPS) is 28.4. The minimum atomic E-state index is -0.752. The standard InChI is InChI=1S/C15H21F2N/c1-3-11-6-4-5-9-15(11,18)12-8-7-10(2)13(16)14(12)17/h7-8,11H,3-6,9,18H2,1-2H3. The van der Waals surface area contributed by atoms with Gasteiger partial charge in [-0.2, -0.15) is 0 Å². The second-order valence-corrected chi connectivity index (χ2v) is 5.45. The van der Waals surface area contributed by atoms with Gasteiger partial charge in [-0.25, -0.2) is 8.78 Å². The lowest BCUT2D eigenvalue weighted by molar-refractivity contribution is 0.177. The number of nitrogens with two attached hydrogens (primary N) is 1. The van der Waals surface area contributed by atoms with Crippen molar-refractivity contribution in [3.8, 4) is 0 Å². The first-order valence-corrected chi connectivity index (χ1v) is 6.74. The number of aryl methyl sites for hydroxylation is 1. The Morgan fingerprint density at radius 3 is 2.67 bits per heavy atom. The average molecular weight is 253 g/mol. The molecule has 3 heteroatoms. The Morgan fingerprint density at radius 1 is 1.28 bits per heavy atom. The lowest BCUT2D eigenvalue weighted by Gasteiger charge is -2.41. The number of benzene rings is 1. The van der Waals surface area contributed by atoms with Gasteiger partial charge in [-0.3, -0.25) is 0 Å². The Balaban J connectivity index is 2.48. The third kappa shape index (κ3) is 2.05. The van der Waals surface area contributed by atoms with Gasteiger partial charge in [0.2, 0.25) is 0 Å². The second-order valence-electron chi connectivity index (χ2n) is 5.45. The zero-order chi connectivity index (χ0) is 13.3. The van der Waals surface area contributed by atoms with Crippen LogP contribution in [0.3, 0.4) is 0 Å². The van der Waals surface area contributed by atoms with E-state index in [0.717, 1.165) is 32.1 Å². The van der Waals surface area contributed by atoms with E-state index in [0.29, 0.717) is 11.1 Å². The highest BCUT2D eigenvalue weighted by Crippen LogP contribution is 2.42. The molecule has 0 amide bonds. The monoisotopic (exact) mass is 253 g/mol. The predicted molar refractivity (Wildman–Crippen MR) is 69.2 cm³/mol. The van der Waals surface area contributed by atoms with Gasteiger partial charge in [0.05, 0.1) is 0 Å². The largest absolute Gasteiger partial charge is 0.321 e. The molecule has 0 aliphatic heterocycles. The van der Waals surface area contributed by atoms with Crippen LogP contribution in [0.25, 0.3) is 0 Å². The molecular weight excluding hydrogens is 232 g/mol. The van der Waals surface area contributed by atoms with Crippen LogP contribution in [0.1, 0.15) is 50.2 Å². The molecule has 2 rings (SSSR count). The first kappa shape index (κ1) is 13.5. The second kappa shape index (κ2) is 4.96. The van der Waals surface area contributed by atoms with Crippen LogP contribution in [0.2, 0.25) is 0 Å². The molecule has 2 unspecified atom stereocenters. The van der Waals surface area contributed by atoms with Gasteiger partial charge in [-0.05, 0) is 31.2 Å². The van der Waals surface area contributed by atoms with E-state index >= 15 is 0 Å². The minimum absolute atomic E-state index is 0.239. The van der Waals surface area contributed by atoms with Gasteiger partial charge in [0.1, 0.15) is 0 Å². The molecule has 1 fully saturated rings. The summed E-state index contributed by atoms with van der Waals surface area (Å²) in [6.45, 7) is 3.64. The maximum Gasteiger partial charge on any atom is 0.164 e. The van der Waals surface area contributed by atoms with Crippen LogP contribution in [-0.4, -0.2) is 0 Å². The summed E-state index contributed by atoms with van der Waals surface area (Å²) in [5.74, 6) is -1.27. The highest BCUT2D eigenvalue weighted by Gasteiger charge is 2.40. The van der Waals surface area contributed by atoms with E-state index in [1.165, 1.54) is 0 Å². The van der Waals surface area contributed by atoms with Crippen LogP contribution in [-0.2, 0) is 5.54 Å². The topological polar surface area (TPSA) is 26.0 Å². The molecule has 0 spiro atoms. The summed E-state index contributed by atoms with van der Waals surface area (Å²) in [5.41, 5.74) is 6.44. The summed E-state index contributed by atoms with van der Waals surface area (Å²) in [6, 6.07) is 3.30. The number of hydrogen-bond acceptors (Lipinski definition) is 1. The fourth-order valence-electron chi connectivity index (χ4n) is 3.20. The number of rotatable bonds is 2. The van der Waals surface area contributed by atoms with Crippen molar-refractivity contribution in [3.63, 3.8) is 0 Å². The highest BCUT2D eigenvalue weighted by atomic mass is 19.2. The van der Waals surface area contributed by atoms with E-state index in [9.17, 15) is 8.78 Å². The Labute approximate surface area is 107 Å². The first-order chi connectivity index (χ1) is 8.50. The molecule has 1 aliphatic rings. The molecular formula is C15H21F2N. The van der Waals surface area contributed by atoms with Crippen LogP contribution >= 0.6 is 0 Å². The number of hydrogen-bond donors (Lipinski definition) is 1. The maximum atomic E-state index is 14.1. The summed E-state index contributed by atoms with van der Waals surface area (Å²) in [5, 5.41) is 0. The Kier molecular flexibility index (Phi) is 3.71. The molecule has 100 valence electrons. The Bertz CT molecular complexity index is 444. The van der Waals surface area contributed by atoms with Crippen molar-refractivity contribution in [1.29, 1.82) is 0 Å². The van der Waals surface area contributed by atoms with E-state index in [1.54, 1.807) is 19.1 Å². The molecule has 0 aromatic heterocycles. The lowest BCUT2D eigenvalue weighted by Crippen LogP contribution is -2.47. The van der Waals surface area contributed by atoms with Crippen molar-refractivity contribution < 1.29 is 8.78 Å². The summed E-state index contributed by atoms with van der Waals surface area (Å²) >= 11 is 0. The molecule has 1 aromatic rings. The summed E-state index contributed by atoms with van der Waals surface area (Å²) in [7, 11) is 0. The van der Waals surface area contributed by atoms with Crippen molar-refractivity contribution in [2.24, 2.45) is 11.7 Å². The van der Waals surface area contributed by atoms with Crippen molar-refractivity contribution in [2.75, 3.05) is 0 Å². The Morgan fingerprint density at radius 2 is 2.00 bits per heavy atom. The van der Waals surface area contributed by atoms with Gasteiger partial charge >= 0.3 is 0 Å². The van der Waals surface area contributed by atoms with Gasteiger partial charge in [0.25, 0.3) is 0 Å². The lowest BCUT2D eigenvalue weighted by atomic mass is 9.68. The summed E-state index contributed by atoms with van der Waals surface area (Å²) in [6.07, 6.45) is 4.77. The molecule has 18 heavy (non-hydrogen) atoms. The molecule has 1 nitrogen and oxygen atoms in total. The highest BCUT2D eigenvalue weighted by molar-refractivity contribution is 5.32. The first-order valence-electron chi connectivity index (χ1n) is 6.74. The van der Waals surface area contributed by atoms with Crippen molar-refractivity contribution in [1.82, 2.24) is 0 Å². The molecule has 0 heterocycles. The van der Waals surface area contributed by atoms with E-state index in [2.05, 4.69) is 6.92 Å². The fourth-order valence-corrected chi connectivity index (χ4v) is 3.20. The van der Waals surface area contributed by atoms with Crippen molar-refractivity contribution in [2.45, 2.75) is 51.5 Å². The van der Waals surface area contributed by atoms with Gasteiger partial charge in [0, 0.05) is 11.1 Å². The van der Waals surface area contributed by atoms with Gasteiger partial charge < -0.3 is 5.73 Å². The van der Waals surface area contributed by atoms with Crippen LogP contribution in [0, 0.1) is 24.5 Å². The van der Waals surface area contributed by atoms with Crippen molar-refractivity contribution >= 4 is 0 Å². The van der Waals surface area contributed by atoms with Gasteiger partial charge in [-0.1, -0.05) is 38.3 Å². The molecule has 1 aliphatic carbocycles. The van der Waals surface area contributed by atoms with Crippen LogP contribution in [0.5, 0.6) is 0 Å². The Hall–Kier alpha value is -0.960. The van der Waals surface area contributed by atoms with Gasteiger partial charge in [0.15, 0.2) is 11.6 Å². The zero-order valence-electron chi connectivity index (χ0n) is 11.1. The van der Waals surface area contributed by atoms with E-state index < -0.39 is 17.2 Å². The molecule has 1 aromatic carbocycles. The molecule has 0 saturated heterocycles. The van der Waals surface area contributed by atoms with Gasteiger partial charge in [-0.15, -0.1) is 0 Å². The van der Waals surface area contributed by atoms with E-state index in [4.69, 9.17) is 5.73 Å². The van der Waals surface area contributed by atoms with E-state index in [1.807, 2.05) is 0 Å². The van der Waals surface area contributed by atoms with Crippen molar-refractivity contribution in [3.05, 3.63) is 34.9 Å². The zero-order valence-corrected chi connectivity index (χ0v) is 11.1. The average Bonchev–Trinajstić information content (AvgIpc) is 2.36. The molecule has 1 saturated carbocycles. The third-order valence-corrected chi connectivity index (χ3v) is 4.39. The molecule has 2 N–H and O–H groups in total. The molecule has 0 radical (unpaired) electrons. The molecule has 2 atom stereocenters. The molecule has 0 bridgehead atoms. The predicted octanol–water partition coefficient (Wildman–Crippen LogP) is 4.03. The minimum Gasteiger partial charge on any atom is -0.321 e. The smallest absolute Gasteiger partial charge is 0.164 e. The fraction of sp³-hybridized carbons (Fsp3) is 0.600. The quantitative estimate of drug-likeness (QED) is 0.846. The maximum absolute atomic E-state index is 14.1. The third-order valence-electron chi connectivity index (χ3n) is 4.39. The number of halogens is 2.